The molecule has 0 aliphatic carbocycles. The largest absolute Gasteiger partial charge is 0.397 e. The van der Waals surface area contributed by atoms with E-state index in [2.05, 4.69) is 20.8 Å². The van der Waals surface area contributed by atoms with Crippen molar-refractivity contribution in [3.63, 3.8) is 0 Å². The number of nitrogens with two attached hydrogens (primary N) is 1. The van der Waals surface area contributed by atoms with Crippen LogP contribution in [0.4, 0.5) is 11.4 Å². The lowest BCUT2D eigenvalue weighted by Gasteiger charge is -2.31. The van der Waals surface area contributed by atoms with Crippen LogP contribution in [0.15, 0.2) is 22.7 Å². The van der Waals surface area contributed by atoms with Gasteiger partial charge in [-0.15, -0.1) is 0 Å². The molecule has 3 N–H and O–H groups in total. The van der Waals surface area contributed by atoms with Crippen molar-refractivity contribution in [1.82, 2.24) is 0 Å². The highest BCUT2D eigenvalue weighted by Gasteiger charge is 2.21. The number of hydrogen-bond donors (Lipinski definition) is 2. The zero-order valence-electron chi connectivity index (χ0n) is 9.90. The van der Waals surface area contributed by atoms with Gasteiger partial charge in [-0.3, -0.25) is 0 Å². The van der Waals surface area contributed by atoms with Gasteiger partial charge in [0.05, 0.1) is 24.0 Å². The van der Waals surface area contributed by atoms with E-state index in [0.29, 0.717) is 0 Å². The number of benzene rings is 1. The van der Waals surface area contributed by atoms with E-state index in [4.69, 9.17) is 5.73 Å². The summed E-state index contributed by atoms with van der Waals surface area (Å²) in [6, 6.07) is 6.17. The second-order valence-corrected chi connectivity index (χ2v) is 5.50. The van der Waals surface area contributed by atoms with E-state index >= 15 is 0 Å². The van der Waals surface area contributed by atoms with Crippen LogP contribution in [0.3, 0.4) is 0 Å². The Kier molecular flexibility index (Phi) is 4.29. The van der Waals surface area contributed by atoms with Gasteiger partial charge in [-0.1, -0.05) is 28.8 Å². The molecule has 94 valence electrons. The maximum Gasteiger partial charge on any atom is 0.0635 e. The molecule has 1 aromatic carbocycles. The van der Waals surface area contributed by atoms with Crippen molar-refractivity contribution < 1.29 is 5.11 Å². The molecule has 1 aliphatic heterocycles. The number of hydrogen-bond acceptors (Lipinski definition) is 3. The molecule has 1 atom stereocenters. The molecule has 3 nitrogen and oxygen atoms in total. The minimum atomic E-state index is 0.204. The van der Waals surface area contributed by atoms with Gasteiger partial charge in [0, 0.05) is 11.0 Å². The molecular weight excluding hydrogens is 280 g/mol. The van der Waals surface area contributed by atoms with Crippen molar-refractivity contribution in [3.8, 4) is 0 Å². The lowest BCUT2D eigenvalue weighted by molar-refractivity contribution is 0.255. The van der Waals surface area contributed by atoms with Gasteiger partial charge in [0.25, 0.3) is 0 Å². The predicted octanol–water partition coefficient (Wildman–Crippen LogP) is 2.77. The van der Waals surface area contributed by atoms with Crippen LogP contribution in [0.2, 0.25) is 0 Å². The van der Waals surface area contributed by atoms with Gasteiger partial charge < -0.3 is 15.7 Å². The molecular formula is C13H19BrN2O. The smallest absolute Gasteiger partial charge is 0.0635 e. The van der Waals surface area contributed by atoms with Crippen LogP contribution >= 0.6 is 15.9 Å². The molecule has 0 aromatic heterocycles. The summed E-state index contributed by atoms with van der Waals surface area (Å²) < 4.78 is 0.995. The van der Waals surface area contributed by atoms with E-state index < -0.39 is 0 Å². The monoisotopic (exact) mass is 298 g/mol. The van der Waals surface area contributed by atoms with Crippen molar-refractivity contribution in [2.45, 2.75) is 31.7 Å². The van der Waals surface area contributed by atoms with Crippen LogP contribution in [-0.4, -0.2) is 24.3 Å². The van der Waals surface area contributed by atoms with Crippen LogP contribution in [-0.2, 0) is 0 Å². The van der Waals surface area contributed by atoms with Gasteiger partial charge in [0.15, 0.2) is 0 Å². The topological polar surface area (TPSA) is 49.5 Å². The van der Waals surface area contributed by atoms with E-state index in [1.54, 1.807) is 0 Å². The van der Waals surface area contributed by atoms with E-state index in [1.807, 2.05) is 18.2 Å². The third-order valence-corrected chi connectivity index (χ3v) is 3.88. The zero-order chi connectivity index (χ0) is 12.3. The van der Waals surface area contributed by atoms with Gasteiger partial charge in [0.2, 0.25) is 0 Å². The summed E-state index contributed by atoms with van der Waals surface area (Å²) >= 11 is 3.42. The maximum absolute atomic E-state index is 9.50. The van der Waals surface area contributed by atoms with Crippen LogP contribution in [0, 0.1) is 0 Å². The molecule has 0 radical (unpaired) electrons. The fourth-order valence-corrected chi connectivity index (χ4v) is 2.85. The van der Waals surface area contributed by atoms with Crippen molar-refractivity contribution in [2.75, 3.05) is 23.8 Å². The minimum absolute atomic E-state index is 0.204. The molecule has 0 amide bonds. The average Bonchev–Trinajstić information content (AvgIpc) is 2.54. The van der Waals surface area contributed by atoms with Gasteiger partial charge in [-0.05, 0) is 31.0 Å². The fourth-order valence-electron chi connectivity index (χ4n) is 2.47. The van der Waals surface area contributed by atoms with Crippen LogP contribution < -0.4 is 10.6 Å². The summed E-state index contributed by atoms with van der Waals surface area (Å²) in [6.45, 7) is 1.19. The van der Waals surface area contributed by atoms with Crippen molar-refractivity contribution >= 4 is 27.3 Å². The van der Waals surface area contributed by atoms with Crippen LogP contribution in [0.5, 0.6) is 0 Å². The third kappa shape index (κ3) is 2.93. The fraction of sp³-hybridized carbons (Fsp3) is 0.538. The van der Waals surface area contributed by atoms with Crippen molar-refractivity contribution in [3.05, 3.63) is 22.7 Å². The van der Waals surface area contributed by atoms with E-state index in [0.717, 1.165) is 28.8 Å². The lowest BCUT2D eigenvalue weighted by atomic mass is 10.1. The summed E-state index contributed by atoms with van der Waals surface area (Å²) in [5.41, 5.74) is 7.89. The number of rotatable bonds is 2. The highest BCUT2D eigenvalue weighted by Crippen LogP contribution is 2.31. The van der Waals surface area contributed by atoms with Gasteiger partial charge in [-0.2, -0.15) is 0 Å². The minimum Gasteiger partial charge on any atom is -0.397 e. The van der Waals surface area contributed by atoms with Crippen LogP contribution in [0.25, 0.3) is 0 Å². The Morgan fingerprint density at radius 3 is 2.88 bits per heavy atom. The second kappa shape index (κ2) is 5.74. The molecule has 0 bridgehead atoms. The molecule has 17 heavy (non-hydrogen) atoms. The number of anilines is 2. The Morgan fingerprint density at radius 2 is 2.18 bits per heavy atom. The van der Waals surface area contributed by atoms with E-state index in [-0.39, 0.29) is 12.6 Å². The number of aliphatic hydroxyl groups is 1. The molecule has 0 saturated carbocycles. The Bertz CT molecular complexity index is 384. The first-order valence-electron chi connectivity index (χ1n) is 6.15. The molecule has 1 heterocycles. The second-order valence-electron chi connectivity index (χ2n) is 4.58. The quantitative estimate of drug-likeness (QED) is 0.826. The van der Waals surface area contributed by atoms with Gasteiger partial charge in [0.1, 0.15) is 0 Å². The Labute approximate surface area is 111 Å². The molecule has 1 fully saturated rings. The molecule has 1 unspecified atom stereocenters. The van der Waals surface area contributed by atoms with Crippen LogP contribution in [0.1, 0.15) is 25.7 Å². The molecule has 1 aliphatic rings. The number of aliphatic hydroxyl groups excluding tert-OH is 1. The summed E-state index contributed by atoms with van der Waals surface area (Å²) in [5.74, 6) is 0. The van der Waals surface area contributed by atoms with Crippen molar-refractivity contribution in [2.24, 2.45) is 0 Å². The van der Waals surface area contributed by atoms with E-state index in [9.17, 15) is 5.11 Å². The van der Waals surface area contributed by atoms with E-state index in [1.165, 1.54) is 19.3 Å². The maximum atomic E-state index is 9.50. The lowest BCUT2D eigenvalue weighted by Crippen LogP contribution is -2.38. The zero-order valence-corrected chi connectivity index (χ0v) is 11.5. The molecule has 1 saturated heterocycles. The van der Waals surface area contributed by atoms with Crippen molar-refractivity contribution in [1.29, 1.82) is 0 Å². The Hall–Kier alpha value is -0.740. The number of halogens is 1. The molecule has 4 heteroatoms. The van der Waals surface area contributed by atoms with Gasteiger partial charge in [-0.25, -0.2) is 0 Å². The molecule has 0 spiro atoms. The molecule has 2 rings (SSSR count). The standard InChI is InChI=1S/C13H19BrN2O/c14-10-5-6-13(12(15)8-10)16-7-3-1-2-4-11(16)9-17/h5-6,8,11,17H,1-4,7,9,15H2. The number of nitrogen functional groups attached to an aromatic ring is 1. The highest BCUT2D eigenvalue weighted by atomic mass is 79.9. The summed E-state index contributed by atoms with van der Waals surface area (Å²) in [7, 11) is 0. The normalized spacial score (nSPS) is 21.3. The Balaban J connectivity index is 2.28. The Morgan fingerprint density at radius 1 is 1.35 bits per heavy atom. The first-order chi connectivity index (χ1) is 8.22. The first-order valence-corrected chi connectivity index (χ1v) is 6.94. The molecule has 1 aromatic rings. The van der Waals surface area contributed by atoms with Gasteiger partial charge >= 0.3 is 0 Å². The summed E-state index contributed by atoms with van der Waals surface area (Å²) in [4.78, 5) is 2.26. The third-order valence-electron chi connectivity index (χ3n) is 3.39. The summed E-state index contributed by atoms with van der Waals surface area (Å²) in [5, 5.41) is 9.50. The summed E-state index contributed by atoms with van der Waals surface area (Å²) in [6.07, 6.45) is 4.65. The highest BCUT2D eigenvalue weighted by molar-refractivity contribution is 9.10. The SMILES string of the molecule is Nc1cc(Br)ccc1N1CCCCCC1CO. The first kappa shape index (κ1) is 12.7. The number of nitrogens with zero attached hydrogens (tertiary/aromatic N) is 1. The average molecular weight is 299 g/mol. The predicted molar refractivity (Wildman–Crippen MR) is 75.2 cm³/mol.